The van der Waals surface area contributed by atoms with Crippen LogP contribution in [0, 0.1) is 12.8 Å². The third-order valence-corrected chi connectivity index (χ3v) is 3.97. The molecule has 1 fully saturated rings. The number of nitrogens with zero attached hydrogens (tertiary/aromatic N) is 2. The van der Waals surface area contributed by atoms with Gasteiger partial charge in [-0.25, -0.2) is 4.98 Å². The third kappa shape index (κ3) is 3.84. The second-order valence-corrected chi connectivity index (χ2v) is 5.43. The van der Waals surface area contributed by atoms with E-state index in [1.165, 1.54) is 32.1 Å². The van der Waals surface area contributed by atoms with Crippen molar-refractivity contribution >= 4 is 0 Å². The molecule has 1 aliphatic rings. The molecule has 2 unspecified atom stereocenters. The van der Waals surface area contributed by atoms with E-state index in [2.05, 4.69) is 34.9 Å². The quantitative estimate of drug-likeness (QED) is 0.813. The van der Waals surface area contributed by atoms with Gasteiger partial charge in [0, 0.05) is 31.5 Å². The van der Waals surface area contributed by atoms with Gasteiger partial charge >= 0.3 is 0 Å². The zero-order chi connectivity index (χ0) is 12.1. The minimum absolute atomic E-state index is 0.740. The van der Waals surface area contributed by atoms with Gasteiger partial charge in [0.1, 0.15) is 5.82 Å². The highest BCUT2D eigenvalue weighted by Crippen LogP contribution is 2.22. The maximum atomic E-state index is 4.24. The lowest BCUT2D eigenvalue weighted by Crippen LogP contribution is -2.31. The lowest BCUT2D eigenvalue weighted by molar-refractivity contribution is 0.435. The normalized spacial score (nSPS) is 25.8. The highest BCUT2D eigenvalue weighted by Gasteiger charge is 2.15. The highest BCUT2D eigenvalue weighted by atomic mass is 15.1. The lowest BCUT2D eigenvalue weighted by atomic mass is 10.0. The second-order valence-electron chi connectivity index (χ2n) is 5.43. The number of aryl methyl sites for hydroxylation is 1. The molecule has 2 rings (SSSR count). The molecule has 1 aromatic rings. The number of hydrogen-bond donors (Lipinski definition) is 1. The Morgan fingerprint density at radius 1 is 1.35 bits per heavy atom. The Hall–Kier alpha value is -0.830. The minimum atomic E-state index is 0.740. The van der Waals surface area contributed by atoms with Crippen molar-refractivity contribution in [1.29, 1.82) is 0 Å². The molecule has 0 bridgehead atoms. The molecule has 1 heterocycles. The zero-order valence-electron chi connectivity index (χ0n) is 11.2. The van der Waals surface area contributed by atoms with Crippen molar-refractivity contribution in [2.75, 3.05) is 6.54 Å². The molecular formula is C14H25N3. The molecule has 17 heavy (non-hydrogen) atoms. The van der Waals surface area contributed by atoms with Crippen LogP contribution in [0.15, 0.2) is 12.4 Å². The fourth-order valence-corrected chi connectivity index (χ4v) is 2.72. The SMILES string of the molecule is Cc1nccn1CCNC1CCCC(C)CC1. The van der Waals surface area contributed by atoms with Crippen LogP contribution in [-0.2, 0) is 6.54 Å². The molecule has 0 saturated heterocycles. The fraction of sp³-hybridized carbons (Fsp3) is 0.786. The van der Waals surface area contributed by atoms with E-state index in [1.54, 1.807) is 0 Å². The molecular weight excluding hydrogens is 210 g/mol. The molecule has 1 N–H and O–H groups in total. The van der Waals surface area contributed by atoms with Gasteiger partial charge in [-0.1, -0.05) is 19.8 Å². The van der Waals surface area contributed by atoms with E-state index in [0.29, 0.717) is 0 Å². The Morgan fingerprint density at radius 2 is 2.24 bits per heavy atom. The number of imidazole rings is 1. The smallest absolute Gasteiger partial charge is 0.105 e. The average Bonchev–Trinajstić information content (AvgIpc) is 2.59. The largest absolute Gasteiger partial charge is 0.334 e. The summed E-state index contributed by atoms with van der Waals surface area (Å²) < 4.78 is 2.21. The van der Waals surface area contributed by atoms with Crippen molar-refractivity contribution in [2.24, 2.45) is 5.92 Å². The first-order chi connectivity index (χ1) is 8.25. The first kappa shape index (κ1) is 12.6. The summed E-state index contributed by atoms with van der Waals surface area (Å²) in [6.45, 7) is 6.55. The van der Waals surface area contributed by atoms with E-state index in [4.69, 9.17) is 0 Å². The predicted octanol–water partition coefficient (Wildman–Crippen LogP) is 2.75. The van der Waals surface area contributed by atoms with Crippen LogP contribution >= 0.6 is 0 Å². The standard InChI is InChI=1S/C14H25N3/c1-12-4-3-5-14(7-6-12)16-9-11-17-10-8-15-13(17)2/h8,10,12,14,16H,3-7,9,11H2,1-2H3. The number of nitrogens with one attached hydrogen (secondary N) is 1. The van der Waals surface area contributed by atoms with Crippen LogP contribution in [-0.4, -0.2) is 22.1 Å². The van der Waals surface area contributed by atoms with E-state index >= 15 is 0 Å². The summed E-state index contributed by atoms with van der Waals surface area (Å²) in [5, 5.41) is 3.70. The molecule has 2 atom stereocenters. The van der Waals surface area contributed by atoms with Gasteiger partial charge in [0.2, 0.25) is 0 Å². The highest BCUT2D eigenvalue weighted by molar-refractivity contribution is 4.88. The van der Waals surface area contributed by atoms with Crippen LogP contribution in [0.1, 0.15) is 44.9 Å². The predicted molar refractivity (Wildman–Crippen MR) is 71.0 cm³/mol. The molecule has 1 saturated carbocycles. The van der Waals surface area contributed by atoms with Crippen LogP contribution in [0.2, 0.25) is 0 Å². The Morgan fingerprint density at radius 3 is 3.00 bits per heavy atom. The van der Waals surface area contributed by atoms with Crippen LogP contribution in [0.4, 0.5) is 0 Å². The van der Waals surface area contributed by atoms with Crippen molar-refractivity contribution in [3.8, 4) is 0 Å². The van der Waals surface area contributed by atoms with Crippen molar-refractivity contribution < 1.29 is 0 Å². The molecule has 0 radical (unpaired) electrons. The van der Waals surface area contributed by atoms with Crippen LogP contribution < -0.4 is 5.32 Å². The fourth-order valence-electron chi connectivity index (χ4n) is 2.72. The molecule has 96 valence electrons. The first-order valence-electron chi connectivity index (χ1n) is 6.97. The van der Waals surface area contributed by atoms with Crippen molar-refractivity contribution in [1.82, 2.24) is 14.9 Å². The van der Waals surface area contributed by atoms with E-state index in [1.807, 2.05) is 6.20 Å². The summed E-state index contributed by atoms with van der Waals surface area (Å²) >= 11 is 0. The Bertz CT molecular complexity index is 332. The molecule has 0 spiro atoms. The van der Waals surface area contributed by atoms with Crippen LogP contribution in [0.25, 0.3) is 0 Å². The minimum Gasteiger partial charge on any atom is -0.334 e. The lowest BCUT2D eigenvalue weighted by Gasteiger charge is -2.16. The van der Waals surface area contributed by atoms with Crippen LogP contribution in [0.3, 0.4) is 0 Å². The zero-order valence-corrected chi connectivity index (χ0v) is 11.2. The van der Waals surface area contributed by atoms with E-state index < -0.39 is 0 Å². The molecule has 3 nitrogen and oxygen atoms in total. The summed E-state index contributed by atoms with van der Waals surface area (Å²) in [5.41, 5.74) is 0. The third-order valence-electron chi connectivity index (χ3n) is 3.97. The Labute approximate surface area is 105 Å². The van der Waals surface area contributed by atoms with Crippen LogP contribution in [0.5, 0.6) is 0 Å². The molecule has 1 aliphatic carbocycles. The van der Waals surface area contributed by atoms with Gasteiger partial charge in [-0.2, -0.15) is 0 Å². The van der Waals surface area contributed by atoms with Gasteiger partial charge in [-0.3, -0.25) is 0 Å². The molecule has 3 heteroatoms. The number of hydrogen-bond acceptors (Lipinski definition) is 2. The van der Waals surface area contributed by atoms with Gasteiger partial charge in [-0.05, 0) is 32.1 Å². The van der Waals surface area contributed by atoms with E-state index in [9.17, 15) is 0 Å². The Kier molecular flexibility index (Phi) is 4.60. The summed E-state index contributed by atoms with van der Waals surface area (Å²) in [6.07, 6.45) is 10.8. The van der Waals surface area contributed by atoms with Gasteiger partial charge in [0.15, 0.2) is 0 Å². The van der Waals surface area contributed by atoms with Crippen molar-refractivity contribution in [2.45, 2.75) is 58.5 Å². The maximum Gasteiger partial charge on any atom is 0.105 e. The maximum absolute atomic E-state index is 4.24. The number of rotatable bonds is 4. The van der Waals surface area contributed by atoms with Crippen molar-refractivity contribution in [3.63, 3.8) is 0 Å². The summed E-state index contributed by atoms with van der Waals surface area (Å²) in [7, 11) is 0. The second kappa shape index (κ2) is 6.20. The van der Waals surface area contributed by atoms with E-state index in [-0.39, 0.29) is 0 Å². The van der Waals surface area contributed by atoms with Gasteiger partial charge in [0.25, 0.3) is 0 Å². The molecule has 1 aromatic heterocycles. The van der Waals surface area contributed by atoms with Gasteiger partial charge in [-0.15, -0.1) is 0 Å². The molecule has 0 aliphatic heterocycles. The summed E-state index contributed by atoms with van der Waals surface area (Å²) in [6, 6.07) is 0.740. The Balaban J connectivity index is 1.69. The first-order valence-corrected chi connectivity index (χ1v) is 6.97. The summed E-state index contributed by atoms with van der Waals surface area (Å²) in [5.74, 6) is 2.04. The monoisotopic (exact) mass is 235 g/mol. The molecule has 0 amide bonds. The van der Waals surface area contributed by atoms with E-state index in [0.717, 1.165) is 30.9 Å². The van der Waals surface area contributed by atoms with Gasteiger partial charge in [0.05, 0.1) is 0 Å². The summed E-state index contributed by atoms with van der Waals surface area (Å²) in [4.78, 5) is 4.24. The molecule has 0 aromatic carbocycles. The van der Waals surface area contributed by atoms with Gasteiger partial charge < -0.3 is 9.88 Å². The van der Waals surface area contributed by atoms with Crippen molar-refractivity contribution in [3.05, 3.63) is 18.2 Å². The number of aromatic nitrogens is 2. The average molecular weight is 235 g/mol. The topological polar surface area (TPSA) is 29.9 Å².